The molecule has 1 saturated carbocycles. The number of anilines is 1. The van der Waals surface area contributed by atoms with Crippen LogP contribution >= 0.6 is 0 Å². The van der Waals surface area contributed by atoms with Gasteiger partial charge in [-0.2, -0.15) is 0 Å². The Morgan fingerprint density at radius 2 is 2.00 bits per heavy atom. The normalized spacial score (nSPS) is 18.1. The van der Waals surface area contributed by atoms with Crippen LogP contribution in [0.15, 0.2) is 24.3 Å². The molecular formula is C11H16N2O2S. The molecule has 0 amide bonds. The lowest BCUT2D eigenvalue weighted by Crippen LogP contribution is -2.19. The molecule has 0 aliphatic heterocycles. The molecule has 1 aromatic rings. The number of para-hydroxylation sites is 1. The number of nitrogens with two attached hydrogens (primary N) is 1. The molecule has 0 heterocycles. The molecule has 0 saturated heterocycles. The van der Waals surface area contributed by atoms with Gasteiger partial charge in [0.25, 0.3) is 0 Å². The molecule has 2 rings (SSSR count). The van der Waals surface area contributed by atoms with Gasteiger partial charge >= 0.3 is 0 Å². The first kappa shape index (κ1) is 11.4. The van der Waals surface area contributed by atoms with E-state index in [1.54, 1.807) is 12.1 Å². The smallest absolute Gasteiger partial charge is 0.235 e. The molecule has 4 nitrogen and oxygen atoms in total. The number of benzene rings is 1. The molecule has 1 aliphatic carbocycles. The van der Waals surface area contributed by atoms with E-state index in [9.17, 15) is 8.42 Å². The molecule has 0 spiro atoms. The van der Waals surface area contributed by atoms with Crippen LogP contribution in [0.25, 0.3) is 0 Å². The van der Waals surface area contributed by atoms with Crippen molar-refractivity contribution in [1.29, 1.82) is 0 Å². The molecule has 1 aromatic carbocycles. The van der Waals surface area contributed by atoms with E-state index in [-0.39, 0.29) is 11.3 Å². The minimum atomic E-state index is -3.20. The maximum atomic E-state index is 11.8. The largest absolute Gasteiger partial charge is 0.324 e. The highest BCUT2D eigenvalue weighted by atomic mass is 32.2. The van der Waals surface area contributed by atoms with Gasteiger partial charge in [0.15, 0.2) is 0 Å². The molecule has 1 aliphatic rings. The van der Waals surface area contributed by atoms with E-state index in [1.165, 1.54) is 0 Å². The first-order valence-electron chi connectivity index (χ1n) is 5.37. The summed E-state index contributed by atoms with van der Waals surface area (Å²) in [5.74, 6) is 0. The number of nitrogens with one attached hydrogen (secondary N) is 1. The summed E-state index contributed by atoms with van der Waals surface area (Å²) < 4.78 is 26.2. The SMILES string of the molecule is CC(N)c1ccccc1NS(=O)(=O)C1CC1. The van der Waals surface area contributed by atoms with Crippen molar-refractivity contribution in [3.8, 4) is 0 Å². The fourth-order valence-electron chi connectivity index (χ4n) is 1.60. The van der Waals surface area contributed by atoms with Gasteiger partial charge in [0.1, 0.15) is 0 Å². The summed E-state index contributed by atoms with van der Waals surface area (Å²) in [6.07, 6.45) is 1.52. The molecule has 88 valence electrons. The highest BCUT2D eigenvalue weighted by Gasteiger charge is 2.36. The quantitative estimate of drug-likeness (QED) is 0.839. The molecule has 5 heteroatoms. The average Bonchev–Trinajstić information content (AvgIpc) is 3.00. The Labute approximate surface area is 95.9 Å². The Morgan fingerprint density at radius 1 is 1.38 bits per heavy atom. The van der Waals surface area contributed by atoms with Gasteiger partial charge in [0.2, 0.25) is 10.0 Å². The van der Waals surface area contributed by atoms with Gasteiger partial charge < -0.3 is 5.73 Å². The van der Waals surface area contributed by atoms with Gasteiger partial charge in [0.05, 0.1) is 10.9 Å². The van der Waals surface area contributed by atoms with Crippen LogP contribution in [-0.2, 0) is 10.0 Å². The molecule has 16 heavy (non-hydrogen) atoms. The standard InChI is InChI=1S/C11H16N2O2S/c1-8(12)10-4-2-3-5-11(10)13-16(14,15)9-6-7-9/h2-5,8-9,13H,6-7,12H2,1H3. The van der Waals surface area contributed by atoms with Gasteiger partial charge in [0, 0.05) is 6.04 Å². The van der Waals surface area contributed by atoms with Crippen molar-refractivity contribution in [3.63, 3.8) is 0 Å². The summed E-state index contributed by atoms with van der Waals surface area (Å²) in [6.45, 7) is 1.84. The Balaban J connectivity index is 2.27. The van der Waals surface area contributed by atoms with Crippen LogP contribution < -0.4 is 10.5 Å². The van der Waals surface area contributed by atoms with Gasteiger partial charge in [-0.1, -0.05) is 18.2 Å². The zero-order chi connectivity index (χ0) is 11.8. The predicted octanol–water partition coefficient (Wildman–Crippen LogP) is 1.61. The van der Waals surface area contributed by atoms with E-state index >= 15 is 0 Å². The topological polar surface area (TPSA) is 72.2 Å². The van der Waals surface area contributed by atoms with Crippen LogP contribution in [0.5, 0.6) is 0 Å². The molecule has 3 N–H and O–H groups in total. The highest BCUT2D eigenvalue weighted by Crippen LogP contribution is 2.31. The van der Waals surface area contributed by atoms with Gasteiger partial charge in [-0.3, -0.25) is 4.72 Å². The summed E-state index contributed by atoms with van der Waals surface area (Å²) in [6, 6.07) is 7.07. The summed E-state index contributed by atoms with van der Waals surface area (Å²) in [7, 11) is -3.20. The zero-order valence-corrected chi connectivity index (χ0v) is 10.00. The zero-order valence-electron chi connectivity index (χ0n) is 9.18. The van der Waals surface area contributed by atoms with Crippen molar-refractivity contribution in [3.05, 3.63) is 29.8 Å². The van der Waals surface area contributed by atoms with E-state index in [0.29, 0.717) is 5.69 Å². The Bertz CT molecular complexity index is 479. The monoisotopic (exact) mass is 240 g/mol. The van der Waals surface area contributed by atoms with Crippen LogP contribution in [0.4, 0.5) is 5.69 Å². The summed E-state index contributed by atoms with van der Waals surface area (Å²) >= 11 is 0. The minimum absolute atomic E-state index is 0.182. The van der Waals surface area contributed by atoms with E-state index in [2.05, 4.69) is 4.72 Å². The van der Waals surface area contributed by atoms with Crippen LogP contribution in [-0.4, -0.2) is 13.7 Å². The van der Waals surface area contributed by atoms with Crippen molar-refractivity contribution >= 4 is 15.7 Å². The lowest BCUT2D eigenvalue weighted by Gasteiger charge is -2.14. The van der Waals surface area contributed by atoms with Crippen molar-refractivity contribution < 1.29 is 8.42 Å². The van der Waals surface area contributed by atoms with Crippen molar-refractivity contribution in [2.75, 3.05) is 4.72 Å². The summed E-state index contributed by atoms with van der Waals surface area (Å²) in [5.41, 5.74) is 7.22. The molecule has 1 fully saturated rings. The third-order valence-corrected chi connectivity index (χ3v) is 4.52. The minimum Gasteiger partial charge on any atom is -0.324 e. The Hall–Kier alpha value is -1.07. The van der Waals surface area contributed by atoms with Crippen molar-refractivity contribution in [2.24, 2.45) is 5.73 Å². The van der Waals surface area contributed by atoms with Crippen molar-refractivity contribution in [2.45, 2.75) is 31.1 Å². The third-order valence-electron chi connectivity index (χ3n) is 2.67. The highest BCUT2D eigenvalue weighted by molar-refractivity contribution is 7.93. The fraction of sp³-hybridized carbons (Fsp3) is 0.455. The van der Waals surface area contributed by atoms with Crippen LogP contribution in [0.2, 0.25) is 0 Å². The maximum absolute atomic E-state index is 11.8. The van der Waals surface area contributed by atoms with Gasteiger partial charge in [-0.15, -0.1) is 0 Å². The molecule has 1 unspecified atom stereocenters. The van der Waals surface area contributed by atoms with E-state index in [4.69, 9.17) is 5.73 Å². The number of hydrogen-bond donors (Lipinski definition) is 2. The van der Waals surface area contributed by atoms with Crippen LogP contribution in [0.3, 0.4) is 0 Å². The first-order chi connectivity index (χ1) is 7.50. The molecular weight excluding hydrogens is 224 g/mol. The second kappa shape index (κ2) is 4.07. The van der Waals surface area contributed by atoms with E-state index in [1.807, 2.05) is 19.1 Å². The number of hydrogen-bond acceptors (Lipinski definition) is 3. The molecule has 1 atom stereocenters. The molecule has 0 radical (unpaired) electrons. The van der Waals surface area contributed by atoms with Gasteiger partial charge in [-0.05, 0) is 31.4 Å². The van der Waals surface area contributed by atoms with Gasteiger partial charge in [-0.25, -0.2) is 8.42 Å². The maximum Gasteiger partial charge on any atom is 0.235 e. The number of sulfonamides is 1. The van der Waals surface area contributed by atoms with E-state index in [0.717, 1.165) is 18.4 Å². The van der Waals surface area contributed by atoms with Crippen molar-refractivity contribution in [1.82, 2.24) is 0 Å². The second-order valence-corrected chi connectivity index (χ2v) is 6.18. The second-order valence-electron chi connectivity index (χ2n) is 4.22. The Morgan fingerprint density at radius 3 is 2.56 bits per heavy atom. The number of rotatable bonds is 4. The fourth-order valence-corrected chi connectivity index (χ4v) is 3.02. The molecule has 0 bridgehead atoms. The summed E-state index contributed by atoms with van der Waals surface area (Å²) in [5, 5.41) is -0.214. The molecule has 0 aromatic heterocycles. The lowest BCUT2D eigenvalue weighted by atomic mass is 10.1. The van der Waals surface area contributed by atoms with Crippen LogP contribution in [0.1, 0.15) is 31.4 Å². The Kier molecular flexibility index (Phi) is 2.90. The third kappa shape index (κ3) is 2.36. The van der Waals surface area contributed by atoms with E-state index < -0.39 is 10.0 Å². The average molecular weight is 240 g/mol. The van der Waals surface area contributed by atoms with Crippen LogP contribution in [0, 0.1) is 0 Å². The lowest BCUT2D eigenvalue weighted by molar-refractivity contribution is 0.600. The summed E-state index contributed by atoms with van der Waals surface area (Å²) in [4.78, 5) is 0. The predicted molar refractivity (Wildman–Crippen MR) is 64.6 cm³/mol. The first-order valence-corrected chi connectivity index (χ1v) is 6.91.